The summed E-state index contributed by atoms with van der Waals surface area (Å²) < 4.78 is 0. The third kappa shape index (κ3) is 2230. The Kier molecular flexibility index (Phi) is 24.9. The normalized spacial score (nSPS) is 6.00. The first kappa shape index (κ1) is 16.9. The van der Waals surface area contributed by atoms with E-state index >= 15 is 0 Å². The van der Waals surface area contributed by atoms with Crippen LogP contribution in [0.1, 0.15) is 13.8 Å². The summed E-state index contributed by atoms with van der Waals surface area (Å²) in [5.41, 5.74) is 0. The molecule has 0 amide bonds. The van der Waals surface area contributed by atoms with Gasteiger partial charge in [-0.2, -0.15) is 0 Å². The van der Waals surface area contributed by atoms with E-state index in [0.29, 0.717) is 0 Å². The molecular weight excluding hydrogens is 80.0 g/mol. The lowest BCUT2D eigenvalue weighted by Gasteiger charge is -1.80. The maximum Gasteiger partial charge on any atom is 0.0483 e. The molecular formula is C3H14N2O. The minimum atomic E-state index is -0.167. The van der Waals surface area contributed by atoms with Crippen LogP contribution in [0.2, 0.25) is 0 Å². The Hall–Kier alpha value is -0.120. The second-order valence-corrected chi connectivity index (χ2v) is 1.09. The average molecular weight is 94.2 g/mol. The van der Waals surface area contributed by atoms with E-state index in [1.807, 2.05) is 0 Å². The van der Waals surface area contributed by atoms with Crippen molar-refractivity contribution in [1.29, 1.82) is 0 Å². The molecule has 42 valence electrons. The van der Waals surface area contributed by atoms with Crippen LogP contribution >= 0.6 is 0 Å². The fourth-order valence-corrected chi connectivity index (χ4v) is 0. The number of hydrogen-bond acceptors (Lipinski definition) is 3. The lowest BCUT2D eigenvalue weighted by atomic mass is 10.5. The molecule has 0 aromatic rings. The highest BCUT2D eigenvalue weighted by Crippen LogP contribution is 1.65. The van der Waals surface area contributed by atoms with Crippen LogP contribution in [-0.4, -0.2) is 11.2 Å². The minimum absolute atomic E-state index is 0. The zero-order chi connectivity index (χ0) is 3.58. The molecule has 0 aliphatic rings. The summed E-state index contributed by atoms with van der Waals surface area (Å²) in [7, 11) is 0. The molecule has 0 aliphatic carbocycles. The smallest absolute Gasteiger partial charge is 0.0483 e. The second kappa shape index (κ2) is 8.86. The molecule has 0 saturated heterocycles. The third-order valence-electron chi connectivity index (χ3n) is 0. The van der Waals surface area contributed by atoms with Gasteiger partial charge in [0, 0.05) is 6.10 Å². The van der Waals surface area contributed by atoms with Crippen molar-refractivity contribution in [3.63, 3.8) is 0 Å². The zero-order valence-corrected chi connectivity index (χ0v) is 4.44. The SMILES string of the molecule is CC(C)O.N.N. The number of hydrogen-bond donors (Lipinski definition) is 3. The molecule has 3 nitrogen and oxygen atoms in total. The maximum atomic E-state index is 8.06. The lowest BCUT2D eigenvalue weighted by Crippen LogP contribution is -1.85. The van der Waals surface area contributed by atoms with Crippen LogP contribution < -0.4 is 12.3 Å². The van der Waals surface area contributed by atoms with Gasteiger partial charge in [0.25, 0.3) is 0 Å². The summed E-state index contributed by atoms with van der Waals surface area (Å²) in [6.45, 7) is 3.44. The molecule has 0 spiro atoms. The monoisotopic (exact) mass is 94.1 g/mol. The van der Waals surface area contributed by atoms with Gasteiger partial charge in [-0.1, -0.05) is 0 Å². The molecule has 0 heterocycles. The van der Waals surface area contributed by atoms with Crippen LogP contribution in [-0.2, 0) is 0 Å². The Labute approximate surface area is 38.5 Å². The van der Waals surface area contributed by atoms with Gasteiger partial charge in [0.15, 0.2) is 0 Å². The molecule has 0 aliphatic heterocycles. The third-order valence-corrected chi connectivity index (χ3v) is 0. The van der Waals surface area contributed by atoms with Gasteiger partial charge >= 0.3 is 0 Å². The molecule has 0 saturated carbocycles. The molecule has 0 fully saturated rings. The highest BCUT2D eigenvalue weighted by molar-refractivity contribution is 4.20. The fourth-order valence-electron chi connectivity index (χ4n) is 0. The van der Waals surface area contributed by atoms with Gasteiger partial charge in [-0.3, -0.25) is 0 Å². The summed E-state index contributed by atoms with van der Waals surface area (Å²) >= 11 is 0. The van der Waals surface area contributed by atoms with Crippen LogP contribution in [0, 0.1) is 0 Å². The summed E-state index contributed by atoms with van der Waals surface area (Å²) in [5.74, 6) is 0. The van der Waals surface area contributed by atoms with Crippen molar-refractivity contribution in [3.8, 4) is 0 Å². The Morgan fingerprint density at radius 2 is 1.17 bits per heavy atom. The number of rotatable bonds is 0. The van der Waals surface area contributed by atoms with Crippen molar-refractivity contribution >= 4 is 0 Å². The van der Waals surface area contributed by atoms with E-state index in [0.717, 1.165) is 0 Å². The number of aliphatic hydroxyl groups is 1. The molecule has 6 heavy (non-hydrogen) atoms. The molecule has 0 aromatic carbocycles. The van der Waals surface area contributed by atoms with Crippen molar-refractivity contribution in [2.75, 3.05) is 0 Å². The quantitative estimate of drug-likeness (QED) is 0.413. The van der Waals surface area contributed by atoms with E-state index < -0.39 is 0 Å². The van der Waals surface area contributed by atoms with E-state index in [4.69, 9.17) is 5.11 Å². The first-order chi connectivity index (χ1) is 1.73. The zero-order valence-electron chi connectivity index (χ0n) is 4.44. The van der Waals surface area contributed by atoms with Gasteiger partial charge in [-0.05, 0) is 13.8 Å². The van der Waals surface area contributed by atoms with E-state index in [1.165, 1.54) is 0 Å². The summed E-state index contributed by atoms with van der Waals surface area (Å²) in [6.07, 6.45) is -0.167. The van der Waals surface area contributed by atoms with E-state index in [2.05, 4.69) is 0 Å². The van der Waals surface area contributed by atoms with Crippen LogP contribution in [0.3, 0.4) is 0 Å². The highest BCUT2D eigenvalue weighted by Gasteiger charge is 1.69. The first-order valence-corrected chi connectivity index (χ1v) is 1.41. The molecule has 7 N–H and O–H groups in total. The van der Waals surface area contributed by atoms with E-state index in [-0.39, 0.29) is 18.4 Å². The predicted molar refractivity (Wildman–Crippen MR) is 27.4 cm³/mol. The van der Waals surface area contributed by atoms with Crippen LogP contribution in [0.4, 0.5) is 0 Å². The Morgan fingerprint density at radius 1 is 1.17 bits per heavy atom. The van der Waals surface area contributed by atoms with Gasteiger partial charge in [0.05, 0.1) is 0 Å². The first-order valence-electron chi connectivity index (χ1n) is 1.41. The highest BCUT2D eigenvalue weighted by atomic mass is 16.3. The second-order valence-electron chi connectivity index (χ2n) is 1.09. The van der Waals surface area contributed by atoms with Crippen molar-refractivity contribution < 1.29 is 5.11 Å². The van der Waals surface area contributed by atoms with Gasteiger partial charge in [0.1, 0.15) is 0 Å². The largest absolute Gasteiger partial charge is 0.394 e. The molecule has 0 radical (unpaired) electrons. The summed E-state index contributed by atoms with van der Waals surface area (Å²) in [4.78, 5) is 0. The van der Waals surface area contributed by atoms with Crippen molar-refractivity contribution in [3.05, 3.63) is 0 Å². The molecule has 0 bridgehead atoms. The molecule has 0 aromatic heterocycles. The molecule has 0 rings (SSSR count). The van der Waals surface area contributed by atoms with E-state index in [1.54, 1.807) is 13.8 Å². The van der Waals surface area contributed by atoms with Gasteiger partial charge in [0.2, 0.25) is 0 Å². The fraction of sp³-hybridized carbons (Fsp3) is 1.00. The Bertz CT molecular complexity index is 13.5. The summed E-state index contributed by atoms with van der Waals surface area (Å²) in [6, 6.07) is 0. The molecule has 0 unspecified atom stereocenters. The van der Waals surface area contributed by atoms with Gasteiger partial charge in [-0.25, -0.2) is 0 Å². The molecule has 3 heteroatoms. The van der Waals surface area contributed by atoms with Crippen LogP contribution in [0.25, 0.3) is 0 Å². The Morgan fingerprint density at radius 3 is 1.17 bits per heavy atom. The summed E-state index contributed by atoms with van der Waals surface area (Å²) in [5, 5.41) is 8.06. The van der Waals surface area contributed by atoms with Crippen LogP contribution in [0.5, 0.6) is 0 Å². The average Bonchev–Trinajstić information content (AvgIpc) is 0.811. The Balaban J connectivity index is -0.0000000450. The maximum absolute atomic E-state index is 8.06. The van der Waals surface area contributed by atoms with Crippen molar-refractivity contribution in [2.45, 2.75) is 20.0 Å². The lowest BCUT2D eigenvalue weighted by molar-refractivity contribution is 0.216. The standard InChI is InChI=1S/C3H8O.2H3N/c1-3(2)4;;/h3-4H,1-2H3;2*1H3. The van der Waals surface area contributed by atoms with Gasteiger partial charge < -0.3 is 17.4 Å². The van der Waals surface area contributed by atoms with Gasteiger partial charge in [-0.15, -0.1) is 0 Å². The van der Waals surface area contributed by atoms with E-state index in [9.17, 15) is 0 Å². The minimum Gasteiger partial charge on any atom is -0.394 e. The molecule has 0 atom stereocenters. The van der Waals surface area contributed by atoms with Crippen molar-refractivity contribution in [2.24, 2.45) is 0 Å². The topological polar surface area (TPSA) is 90.2 Å². The number of aliphatic hydroxyl groups excluding tert-OH is 1. The van der Waals surface area contributed by atoms with Crippen LogP contribution in [0.15, 0.2) is 0 Å². The predicted octanol–water partition coefficient (Wildman–Crippen LogP) is 0.711. The van der Waals surface area contributed by atoms with Crippen molar-refractivity contribution in [1.82, 2.24) is 12.3 Å².